The number of aryl methyl sites for hydroxylation is 2. The van der Waals surface area contributed by atoms with Gasteiger partial charge in [0.2, 0.25) is 5.91 Å². The summed E-state index contributed by atoms with van der Waals surface area (Å²) in [6, 6.07) is 20.3. The van der Waals surface area contributed by atoms with Gasteiger partial charge in [-0.25, -0.2) is 0 Å². The lowest BCUT2D eigenvalue weighted by atomic mass is 10.0. The quantitative estimate of drug-likeness (QED) is 0.469. The van der Waals surface area contributed by atoms with Crippen molar-refractivity contribution in [3.05, 3.63) is 99.6 Å². The van der Waals surface area contributed by atoms with E-state index in [4.69, 9.17) is 16.3 Å². The minimum absolute atomic E-state index is 0.184. The third kappa shape index (κ3) is 6.39. The zero-order valence-electron chi connectivity index (χ0n) is 20.1. The van der Waals surface area contributed by atoms with E-state index in [0.717, 1.165) is 27.8 Å². The maximum atomic E-state index is 13.5. The number of benzene rings is 3. The largest absolute Gasteiger partial charge is 0.483 e. The second-order valence-corrected chi connectivity index (χ2v) is 8.83. The Morgan fingerprint density at radius 2 is 1.68 bits per heavy atom. The Bertz CT molecular complexity index is 1150. The molecule has 0 saturated heterocycles. The Morgan fingerprint density at radius 1 is 1.00 bits per heavy atom. The minimum Gasteiger partial charge on any atom is -0.483 e. The number of ether oxygens (including phenoxy) is 1. The normalized spacial score (nSPS) is 11.6. The van der Waals surface area contributed by atoms with Crippen LogP contribution in [0.5, 0.6) is 5.75 Å². The van der Waals surface area contributed by atoms with Gasteiger partial charge in [-0.3, -0.25) is 9.59 Å². The summed E-state index contributed by atoms with van der Waals surface area (Å²) in [6.45, 7) is 5.99. The van der Waals surface area contributed by atoms with Crippen LogP contribution >= 0.6 is 11.6 Å². The fourth-order valence-corrected chi connectivity index (χ4v) is 4.10. The summed E-state index contributed by atoms with van der Waals surface area (Å²) in [7, 11) is 1.58. The number of carbonyl (C=O) groups excluding carboxylic acids is 2. The lowest BCUT2D eigenvalue weighted by molar-refractivity contribution is -0.142. The van der Waals surface area contributed by atoms with Crippen LogP contribution in [0.3, 0.4) is 0 Å². The molecule has 0 aliphatic rings. The van der Waals surface area contributed by atoms with Crippen LogP contribution < -0.4 is 10.1 Å². The Balaban J connectivity index is 1.92. The van der Waals surface area contributed by atoms with Crippen LogP contribution in [0.1, 0.15) is 27.8 Å². The van der Waals surface area contributed by atoms with Gasteiger partial charge in [0, 0.05) is 25.0 Å². The number of nitrogens with one attached hydrogen (secondary N) is 1. The van der Waals surface area contributed by atoms with Gasteiger partial charge >= 0.3 is 0 Å². The molecule has 3 aromatic carbocycles. The molecule has 1 N–H and O–H groups in total. The number of likely N-dealkylation sites (N-methyl/N-ethyl adjacent to an activating group) is 1. The third-order valence-electron chi connectivity index (χ3n) is 5.93. The molecule has 0 fully saturated rings. The molecule has 5 nitrogen and oxygen atoms in total. The summed E-state index contributed by atoms with van der Waals surface area (Å²) in [6.07, 6.45) is 0.374. The number of hydrogen-bond donors (Lipinski definition) is 1. The summed E-state index contributed by atoms with van der Waals surface area (Å²) in [5.74, 6) is 0.137. The highest BCUT2D eigenvalue weighted by molar-refractivity contribution is 6.31. The Labute approximate surface area is 206 Å². The molecule has 3 aromatic rings. The van der Waals surface area contributed by atoms with E-state index in [1.54, 1.807) is 18.0 Å². The average Bonchev–Trinajstić information content (AvgIpc) is 2.83. The van der Waals surface area contributed by atoms with Gasteiger partial charge in [0.1, 0.15) is 11.8 Å². The van der Waals surface area contributed by atoms with E-state index in [-0.39, 0.29) is 25.0 Å². The van der Waals surface area contributed by atoms with Crippen LogP contribution in [0.4, 0.5) is 0 Å². The lowest BCUT2D eigenvalue weighted by Crippen LogP contribution is -2.51. The standard InChI is InChI=1S/C28H31ClN2O3/c1-19-14-20(2)21(3)26(15-19)34-18-27(32)31(17-23-12-8-9-13-24(23)29)25(28(33)30-4)16-22-10-6-5-7-11-22/h5-15,25H,16-18H2,1-4H3,(H,30,33)/t25-/m0/s1. The summed E-state index contributed by atoms with van der Waals surface area (Å²) < 4.78 is 5.97. The first kappa shape index (κ1) is 25.3. The Hall–Kier alpha value is -3.31. The Morgan fingerprint density at radius 3 is 2.35 bits per heavy atom. The maximum Gasteiger partial charge on any atom is 0.261 e. The second-order valence-electron chi connectivity index (χ2n) is 8.43. The molecular formula is C28H31ClN2O3. The molecule has 0 saturated carbocycles. The van der Waals surface area contributed by atoms with E-state index < -0.39 is 6.04 Å². The molecule has 0 spiro atoms. The van der Waals surface area contributed by atoms with Crippen molar-refractivity contribution in [1.82, 2.24) is 10.2 Å². The highest BCUT2D eigenvalue weighted by atomic mass is 35.5. The van der Waals surface area contributed by atoms with Gasteiger partial charge in [0.15, 0.2) is 6.61 Å². The number of halogens is 1. The molecule has 0 unspecified atom stereocenters. The zero-order valence-corrected chi connectivity index (χ0v) is 20.9. The van der Waals surface area contributed by atoms with Gasteiger partial charge in [0.25, 0.3) is 5.91 Å². The molecule has 0 bridgehead atoms. The van der Waals surface area contributed by atoms with Crippen molar-refractivity contribution in [3.8, 4) is 5.75 Å². The molecule has 3 rings (SSSR count). The molecule has 0 aliphatic carbocycles. The summed E-state index contributed by atoms with van der Waals surface area (Å²) in [5.41, 5.74) is 4.87. The minimum atomic E-state index is -0.722. The van der Waals surface area contributed by atoms with E-state index in [2.05, 4.69) is 11.4 Å². The number of carbonyl (C=O) groups is 2. The molecule has 6 heteroatoms. The van der Waals surface area contributed by atoms with Crippen molar-refractivity contribution >= 4 is 23.4 Å². The predicted molar refractivity (Wildman–Crippen MR) is 136 cm³/mol. The SMILES string of the molecule is CNC(=O)[C@H](Cc1ccccc1)N(Cc1ccccc1Cl)C(=O)COc1cc(C)cc(C)c1C. The van der Waals surface area contributed by atoms with Crippen LogP contribution in [0.2, 0.25) is 5.02 Å². The van der Waals surface area contributed by atoms with Crippen LogP contribution in [-0.2, 0) is 22.6 Å². The van der Waals surface area contributed by atoms with Crippen molar-refractivity contribution in [1.29, 1.82) is 0 Å². The summed E-state index contributed by atoms with van der Waals surface area (Å²) >= 11 is 6.41. The van der Waals surface area contributed by atoms with Crippen molar-refractivity contribution in [2.45, 2.75) is 39.8 Å². The van der Waals surface area contributed by atoms with E-state index in [1.165, 1.54) is 0 Å². The fraction of sp³-hybridized carbons (Fsp3) is 0.286. The smallest absolute Gasteiger partial charge is 0.261 e. The summed E-state index contributed by atoms with van der Waals surface area (Å²) in [4.78, 5) is 28.1. The fourth-order valence-electron chi connectivity index (χ4n) is 3.90. The Kier molecular flexibility index (Phi) is 8.72. The molecule has 0 aromatic heterocycles. The molecule has 0 heterocycles. The van der Waals surface area contributed by atoms with Gasteiger partial charge in [-0.05, 0) is 60.7 Å². The molecule has 1 atom stereocenters. The van der Waals surface area contributed by atoms with Crippen molar-refractivity contribution in [3.63, 3.8) is 0 Å². The van der Waals surface area contributed by atoms with Crippen LogP contribution in [0, 0.1) is 20.8 Å². The van der Waals surface area contributed by atoms with Gasteiger partial charge in [-0.1, -0.05) is 66.2 Å². The lowest BCUT2D eigenvalue weighted by Gasteiger charge is -2.31. The number of amides is 2. The van der Waals surface area contributed by atoms with Gasteiger partial charge < -0.3 is 15.0 Å². The van der Waals surface area contributed by atoms with Gasteiger partial charge in [-0.2, -0.15) is 0 Å². The highest BCUT2D eigenvalue weighted by Gasteiger charge is 2.30. The molecule has 178 valence electrons. The zero-order chi connectivity index (χ0) is 24.7. The van der Waals surface area contributed by atoms with Gasteiger partial charge in [0.05, 0.1) is 0 Å². The first-order valence-corrected chi connectivity index (χ1v) is 11.7. The van der Waals surface area contributed by atoms with Crippen molar-refractivity contribution in [2.75, 3.05) is 13.7 Å². The third-order valence-corrected chi connectivity index (χ3v) is 6.30. The predicted octanol–water partition coefficient (Wildman–Crippen LogP) is 5.03. The maximum absolute atomic E-state index is 13.5. The van der Waals surface area contributed by atoms with Crippen molar-refractivity contribution < 1.29 is 14.3 Å². The highest BCUT2D eigenvalue weighted by Crippen LogP contribution is 2.24. The van der Waals surface area contributed by atoms with E-state index in [1.807, 2.05) is 75.4 Å². The van der Waals surface area contributed by atoms with Crippen molar-refractivity contribution in [2.24, 2.45) is 0 Å². The number of nitrogens with zero attached hydrogens (tertiary/aromatic N) is 1. The topological polar surface area (TPSA) is 58.6 Å². The second kappa shape index (κ2) is 11.7. The monoisotopic (exact) mass is 478 g/mol. The number of rotatable bonds is 9. The number of hydrogen-bond acceptors (Lipinski definition) is 3. The van der Waals surface area contributed by atoms with Gasteiger partial charge in [-0.15, -0.1) is 0 Å². The molecule has 0 radical (unpaired) electrons. The summed E-state index contributed by atoms with van der Waals surface area (Å²) in [5, 5.41) is 3.26. The van der Waals surface area contributed by atoms with E-state index in [9.17, 15) is 9.59 Å². The first-order chi connectivity index (χ1) is 16.3. The van der Waals surface area contributed by atoms with E-state index in [0.29, 0.717) is 17.2 Å². The first-order valence-electron chi connectivity index (χ1n) is 11.3. The molecule has 34 heavy (non-hydrogen) atoms. The van der Waals surface area contributed by atoms with Crippen LogP contribution in [0.25, 0.3) is 0 Å². The van der Waals surface area contributed by atoms with E-state index >= 15 is 0 Å². The van der Waals surface area contributed by atoms with Crippen LogP contribution in [0.15, 0.2) is 66.7 Å². The van der Waals surface area contributed by atoms with Crippen LogP contribution in [-0.4, -0.2) is 36.4 Å². The molecule has 2 amide bonds. The molecular weight excluding hydrogens is 448 g/mol. The average molecular weight is 479 g/mol. The molecule has 0 aliphatic heterocycles.